The Hall–Kier alpha value is -1.10. The minimum absolute atomic E-state index is 0.225. The highest BCUT2D eigenvalue weighted by Crippen LogP contribution is 2.30. The lowest BCUT2D eigenvalue weighted by Gasteiger charge is -2.25. The molecule has 0 spiro atoms. The van der Waals surface area contributed by atoms with Gasteiger partial charge in [0.2, 0.25) is 0 Å². The fraction of sp³-hybridized carbons (Fsp3) is 0.400. The van der Waals surface area contributed by atoms with Crippen LogP contribution in [0.3, 0.4) is 0 Å². The Kier molecular flexibility index (Phi) is 3.91. The van der Waals surface area contributed by atoms with Crippen LogP contribution in [0.5, 0.6) is 0 Å². The van der Waals surface area contributed by atoms with Crippen molar-refractivity contribution in [3.8, 4) is 0 Å². The molecule has 0 aromatic heterocycles. The molecule has 0 amide bonds. The summed E-state index contributed by atoms with van der Waals surface area (Å²) in [6.45, 7) is 0.842. The summed E-state index contributed by atoms with van der Waals surface area (Å²) in [6.07, 6.45) is -4.25. The van der Waals surface area contributed by atoms with E-state index in [0.717, 1.165) is 4.90 Å². The molecule has 0 aliphatic heterocycles. The van der Waals surface area contributed by atoms with Crippen LogP contribution < -0.4 is 10.6 Å². The zero-order chi connectivity index (χ0) is 12.3. The molecule has 16 heavy (non-hydrogen) atoms. The highest BCUT2D eigenvalue weighted by molar-refractivity contribution is 6.33. The predicted molar refractivity (Wildman–Crippen MR) is 59.8 cm³/mol. The lowest BCUT2D eigenvalue weighted by atomic mass is 10.2. The number of benzene rings is 1. The van der Waals surface area contributed by atoms with Gasteiger partial charge in [0.15, 0.2) is 0 Å². The molecule has 1 rings (SSSR count). The van der Waals surface area contributed by atoms with Gasteiger partial charge in [-0.3, -0.25) is 0 Å². The molecule has 90 valence electrons. The SMILES string of the molecule is CCN(CC(F)(F)F)c1ccc(N)cc1Cl. The van der Waals surface area contributed by atoms with Crippen LogP contribution in [-0.4, -0.2) is 19.3 Å². The average molecular weight is 253 g/mol. The topological polar surface area (TPSA) is 29.3 Å². The van der Waals surface area contributed by atoms with E-state index >= 15 is 0 Å². The van der Waals surface area contributed by atoms with Gasteiger partial charge in [-0.1, -0.05) is 11.6 Å². The third-order valence-electron chi connectivity index (χ3n) is 2.06. The van der Waals surface area contributed by atoms with E-state index in [9.17, 15) is 13.2 Å². The molecule has 1 aromatic rings. The maximum Gasteiger partial charge on any atom is 0.405 e. The van der Waals surface area contributed by atoms with Crippen molar-refractivity contribution in [2.24, 2.45) is 0 Å². The number of nitrogens with zero attached hydrogens (tertiary/aromatic N) is 1. The summed E-state index contributed by atoms with van der Waals surface area (Å²) in [5.74, 6) is 0. The minimum Gasteiger partial charge on any atom is -0.399 e. The molecule has 0 saturated heterocycles. The molecule has 1 aromatic carbocycles. The quantitative estimate of drug-likeness (QED) is 0.837. The van der Waals surface area contributed by atoms with E-state index in [-0.39, 0.29) is 11.6 Å². The summed E-state index contributed by atoms with van der Waals surface area (Å²) in [5.41, 5.74) is 6.24. The van der Waals surface area contributed by atoms with Crippen LogP contribution in [0.25, 0.3) is 0 Å². The van der Waals surface area contributed by atoms with E-state index in [4.69, 9.17) is 17.3 Å². The Bertz CT molecular complexity index is 366. The van der Waals surface area contributed by atoms with Crippen LogP contribution >= 0.6 is 11.6 Å². The molecule has 0 atom stereocenters. The second-order valence-corrected chi connectivity index (χ2v) is 3.75. The molecular formula is C10H12ClF3N2. The second kappa shape index (κ2) is 4.82. The minimum atomic E-state index is -4.25. The maximum atomic E-state index is 12.3. The molecule has 0 bridgehead atoms. The predicted octanol–water partition coefficient (Wildman–Crippen LogP) is 3.31. The van der Waals surface area contributed by atoms with Gasteiger partial charge in [-0.2, -0.15) is 13.2 Å². The van der Waals surface area contributed by atoms with Gasteiger partial charge in [-0.15, -0.1) is 0 Å². The third-order valence-corrected chi connectivity index (χ3v) is 2.37. The monoisotopic (exact) mass is 252 g/mol. The summed E-state index contributed by atoms with van der Waals surface area (Å²) in [5, 5.41) is 0.228. The summed E-state index contributed by atoms with van der Waals surface area (Å²) in [7, 11) is 0. The lowest BCUT2D eigenvalue weighted by Crippen LogP contribution is -2.34. The summed E-state index contributed by atoms with van der Waals surface area (Å²) >= 11 is 5.84. The zero-order valence-electron chi connectivity index (χ0n) is 8.68. The normalized spacial score (nSPS) is 11.6. The van der Waals surface area contributed by atoms with E-state index in [2.05, 4.69) is 0 Å². The van der Waals surface area contributed by atoms with E-state index in [0.29, 0.717) is 11.4 Å². The van der Waals surface area contributed by atoms with E-state index in [1.54, 1.807) is 6.92 Å². The number of rotatable bonds is 3. The summed E-state index contributed by atoms with van der Waals surface area (Å²) < 4.78 is 36.8. The Balaban J connectivity index is 2.95. The van der Waals surface area contributed by atoms with Crippen LogP contribution in [0.4, 0.5) is 24.5 Å². The van der Waals surface area contributed by atoms with Gasteiger partial charge in [0.05, 0.1) is 10.7 Å². The van der Waals surface area contributed by atoms with Crippen molar-refractivity contribution in [1.29, 1.82) is 0 Å². The molecule has 6 heteroatoms. The number of alkyl halides is 3. The van der Waals surface area contributed by atoms with Crippen molar-refractivity contribution >= 4 is 23.0 Å². The van der Waals surface area contributed by atoms with Crippen LogP contribution in [0.2, 0.25) is 5.02 Å². The van der Waals surface area contributed by atoms with Gasteiger partial charge in [0.1, 0.15) is 6.54 Å². The first kappa shape index (κ1) is 13.0. The molecule has 0 fully saturated rings. The Morgan fingerprint density at radius 1 is 1.38 bits per heavy atom. The fourth-order valence-electron chi connectivity index (χ4n) is 1.36. The first-order valence-electron chi connectivity index (χ1n) is 4.70. The summed E-state index contributed by atoms with van der Waals surface area (Å²) in [4.78, 5) is 1.15. The van der Waals surface area contributed by atoms with Gasteiger partial charge >= 0.3 is 6.18 Å². The number of nitrogen functional groups attached to an aromatic ring is 1. The Morgan fingerprint density at radius 3 is 2.44 bits per heavy atom. The highest BCUT2D eigenvalue weighted by Gasteiger charge is 2.30. The zero-order valence-corrected chi connectivity index (χ0v) is 9.44. The first-order valence-corrected chi connectivity index (χ1v) is 5.08. The van der Waals surface area contributed by atoms with Crippen LogP contribution in [-0.2, 0) is 0 Å². The Morgan fingerprint density at radius 2 is 2.00 bits per heavy atom. The molecule has 2 N–H and O–H groups in total. The second-order valence-electron chi connectivity index (χ2n) is 3.34. The van der Waals surface area contributed by atoms with Crippen LogP contribution in [0.1, 0.15) is 6.92 Å². The number of hydrogen-bond acceptors (Lipinski definition) is 2. The third kappa shape index (κ3) is 3.48. The van der Waals surface area contributed by atoms with Crippen molar-refractivity contribution in [2.45, 2.75) is 13.1 Å². The standard InChI is InChI=1S/C10H12ClF3N2/c1-2-16(6-10(12,13)14)9-4-3-7(15)5-8(9)11/h3-5H,2,6,15H2,1H3. The van der Waals surface area contributed by atoms with Crippen LogP contribution in [0, 0.1) is 0 Å². The lowest BCUT2D eigenvalue weighted by molar-refractivity contribution is -0.119. The largest absolute Gasteiger partial charge is 0.405 e. The van der Waals surface area contributed by atoms with Crippen molar-refractivity contribution in [1.82, 2.24) is 0 Å². The number of halogens is 4. The number of nitrogens with two attached hydrogens (primary N) is 1. The summed E-state index contributed by atoms with van der Waals surface area (Å²) in [6, 6.07) is 4.46. The molecule has 0 heterocycles. The van der Waals surface area contributed by atoms with Crippen LogP contribution in [0.15, 0.2) is 18.2 Å². The van der Waals surface area contributed by atoms with Crippen molar-refractivity contribution in [2.75, 3.05) is 23.7 Å². The molecule has 0 unspecified atom stereocenters. The van der Waals surface area contributed by atoms with E-state index in [1.165, 1.54) is 18.2 Å². The van der Waals surface area contributed by atoms with Gasteiger partial charge < -0.3 is 10.6 Å². The first-order chi connectivity index (χ1) is 7.33. The van der Waals surface area contributed by atoms with Crippen molar-refractivity contribution in [3.05, 3.63) is 23.2 Å². The molecule has 0 radical (unpaired) electrons. The van der Waals surface area contributed by atoms with Gasteiger partial charge in [0, 0.05) is 12.2 Å². The molecule has 2 nitrogen and oxygen atoms in total. The van der Waals surface area contributed by atoms with E-state index in [1.807, 2.05) is 0 Å². The highest BCUT2D eigenvalue weighted by atomic mass is 35.5. The maximum absolute atomic E-state index is 12.3. The Labute approximate surface area is 96.8 Å². The number of hydrogen-bond donors (Lipinski definition) is 1. The molecular weight excluding hydrogens is 241 g/mol. The molecule has 0 aliphatic rings. The number of anilines is 2. The smallest absolute Gasteiger partial charge is 0.399 e. The van der Waals surface area contributed by atoms with Gasteiger partial charge in [0.25, 0.3) is 0 Å². The molecule has 0 saturated carbocycles. The fourth-order valence-corrected chi connectivity index (χ4v) is 1.67. The average Bonchev–Trinajstić information content (AvgIpc) is 2.13. The van der Waals surface area contributed by atoms with Gasteiger partial charge in [-0.05, 0) is 25.1 Å². The van der Waals surface area contributed by atoms with Crippen molar-refractivity contribution < 1.29 is 13.2 Å². The molecule has 0 aliphatic carbocycles. The van der Waals surface area contributed by atoms with Gasteiger partial charge in [-0.25, -0.2) is 0 Å². The van der Waals surface area contributed by atoms with E-state index < -0.39 is 12.7 Å². The van der Waals surface area contributed by atoms with Crippen molar-refractivity contribution in [3.63, 3.8) is 0 Å².